The first-order valence-electron chi connectivity index (χ1n) is 11.0. The smallest absolute Gasteiger partial charge is 0.262 e. The van der Waals surface area contributed by atoms with Gasteiger partial charge in [0.2, 0.25) is 0 Å². The Morgan fingerprint density at radius 2 is 2.00 bits per heavy atom. The number of rotatable bonds is 5. The lowest BCUT2D eigenvalue weighted by atomic mass is 9.99. The van der Waals surface area contributed by atoms with Crippen LogP contribution in [0.15, 0.2) is 36.4 Å². The molecule has 3 heterocycles. The summed E-state index contributed by atoms with van der Waals surface area (Å²) in [6, 6.07) is 7.41. The Labute approximate surface area is 195 Å². The van der Waals surface area contributed by atoms with Gasteiger partial charge in [-0.3, -0.25) is 9.59 Å². The van der Waals surface area contributed by atoms with Crippen LogP contribution in [0.2, 0.25) is 0 Å². The number of hydrogen-bond donors (Lipinski definition) is 2. The quantitative estimate of drug-likeness (QED) is 0.699. The van der Waals surface area contributed by atoms with Crippen molar-refractivity contribution >= 4 is 23.2 Å². The maximum Gasteiger partial charge on any atom is 0.262 e. The van der Waals surface area contributed by atoms with Crippen LogP contribution in [-0.4, -0.2) is 61.1 Å². The molecule has 1 unspecified atom stereocenters. The molecule has 0 aromatic heterocycles. The standard InChI is InChI=1S/C24H24F2N4O4/c1-13-5-20(29(2)28-13)15-3-4-21(18(26)6-15)33-11-14-9-30(10-14)24(32)16-7-19-22(8-17(16)25)34-12-23(31)27-19/h3-8,13-14,28H,9-12H2,1-2H3,(H,27,31). The highest BCUT2D eigenvalue weighted by Crippen LogP contribution is 2.32. The number of carbonyl (C=O) groups excluding carboxylic acids is 2. The van der Waals surface area contributed by atoms with Gasteiger partial charge >= 0.3 is 0 Å². The van der Waals surface area contributed by atoms with E-state index >= 15 is 0 Å². The second-order valence-electron chi connectivity index (χ2n) is 8.73. The Hall–Kier alpha value is -3.66. The maximum atomic E-state index is 14.6. The molecule has 2 aromatic rings. The van der Waals surface area contributed by atoms with Crippen LogP contribution < -0.4 is 20.2 Å². The predicted octanol–water partition coefficient (Wildman–Crippen LogP) is 2.63. The van der Waals surface area contributed by atoms with Crippen molar-refractivity contribution in [1.29, 1.82) is 0 Å². The Kier molecular flexibility index (Phi) is 5.60. The maximum absolute atomic E-state index is 14.6. The first kappa shape index (κ1) is 22.1. The van der Waals surface area contributed by atoms with Crippen LogP contribution >= 0.6 is 0 Å². The molecule has 0 spiro atoms. The predicted molar refractivity (Wildman–Crippen MR) is 120 cm³/mol. The number of nitrogens with zero attached hydrogens (tertiary/aromatic N) is 2. The van der Waals surface area contributed by atoms with E-state index in [2.05, 4.69) is 10.7 Å². The fourth-order valence-electron chi connectivity index (χ4n) is 4.31. The van der Waals surface area contributed by atoms with Crippen molar-refractivity contribution < 1.29 is 27.8 Å². The van der Waals surface area contributed by atoms with Crippen molar-refractivity contribution in [3.8, 4) is 11.5 Å². The van der Waals surface area contributed by atoms with Crippen LogP contribution in [0.25, 0.3) is 5.70 Å². The number of benzene rings is 2. The number of nitrogens with one attached hydrogen (secondary N) is 2. The molecule has 3 aliphatic heterocycles. The summed E-state index contributed by atoms with van der Waals surface area (Å²) in [6.45, 7) is 2.77. The molecular formula is C24H24F2N4O4. The summed E-state index contributed by atoms with van der Waals surface area (Å²) in [5, 5.41) is 4.42. The van der Waals surface area contributed by atoms with Gasteiger partial charge in [0.15, 0.2) is 18.2 Å². The van der Waals surface area contributed by atoms with Gasteiger partial charge in [-0.05, 0) is 37.3 Å². The van der Waals surface area contributed by atoms with E-state index in [9.17, 15) is 18.4 Å². The molecule has 0 aliphatic carbocycles. The van der Waals surface area contributed by atoms with Gasteiger partial charge in [0.1, 0.15) is 11.6 Å². The highest BCUT2D eigenvalue weighted by atomic mass is 19.1. The molecule has 2 N–H and O–H groups in total. The van der Waals surface area contributed by atoms with E-state index in [1.807, 2.05) is 25.1 Å². The van der Waals surface area contributed by atoms with E-state index in [0.717, 1.165) is 17.3 Å². The van der Waals surface area contributed by atoms with E-state index in [1.165, 1.54) is 17.0 Å². The van der Waals surface area contributed by atoms with Gasteiger partial charge < -0.3 is 24.7 Å². The van der Waals surface area contributed by atoms with Crippen LogP contribution in [0, 0.1) is 17.6 Å². The molecule has 0 saturated carbocycles. The summed E-state index contributed by atoms with van der Waals surface area (Å²) in [5.41, 5.74) is 4.98. The summed E-state index contributed by atoms with van der Waals surface area (Å²) in [4.78, 5) is 25.7. The molecule has 34 heavy (non-hydrogen) atoms. The lowest BCUT2D eigenvalue weighted by Gasteiger charge is -2.39. The van der Waals surface area contributed by atoms with Crippen molar-refractivity contribution in [1.82, 2.24) is 15.3 Å². The largest absolute Gasteiger partial charge is 0.490 e. The Morgan fingerprint density at radius 3 is 2.71 bits per heavy atom. The fourth-order valence-corrected chi connectivity index (χ4v) is 4.31. The average molecular weight is 470 g/mol. The Bertz CT molecular complexity index is 1200. The van der Waals surface area contributed by atoms with Gasteiger partial charge in [-0.2, -0.15) is 0 Å². The van der Waals surface area contributed by atoms with Gasteiger partial charge in [-0.25, -0.2) is 14.2 Å². The molecule has 5 rings (SSSR count). The zero-order chi connectivity index (χ0) is 24.0. The van der Waals surface area contributed by atoms with Crippen molar-refractivity contribution in [3.05, 3.63) is 59.2 Å². The lowest BCUT2D eigenvalue weighted by Crippen LogP contribution is -2.52. The summed E-state index contributed by atoms with van der Waals surface area (Å²) in [6.07, 6.45) is 2.02. The number of carbonyl (C=O) groups is 2. The third-order valence-corrected chi connectivity index (χ3v) is 6.05. The summed E-state index contributed by atoms with van der Waals surface area (Å²) < 4.78 is 39.8. The van der Waals surface area contributed by atoms with Gasteiger partial charge in [-0.1, -0.05) is 0 Å². The average Bonchev–Trinajstić information content (AvgIpc) is 3.11. The fraction of sp³-hybridized carbons (Fsp3) is 0.333. The Morgan fingerprint density at radius 1 is 1.21 bits per heavy atom. The first-order chi connectivity index (χ1) is 16.3. The number of fused-ring (bicyclic) bond motifs is 1. The molecule has 178 valence electrons. The highest BCUT2D eigenvalue weighted by molar-refractivity contribution is 6.00. The second kappa shape index (κ2) is 8.60. The van der Waals surface area contributed by atoms with E-state index in [4.69, 9.17) is 9.47 Å². The molecule has 10 heteroatoms. The molecule has 8 nitrogen and oxygen atoms in total. The third kappa shape index (κ3) is 4.16. The Balaban J connectivity index is 1.17. The number of hydrogen-bond acceptors (Lipinski definition) is 6. The third-order valence-electron chi connectivity index (χ3n) is 6.05. The minimum atomic E-state index is -0.714. The molecule has 2 amide bonds. The van der Waals surface area contributed by atoms with E-state index in [1.54, 1.807) is 12.1 Å². The monoisotopic (exact) mass is 470 g/mol. The molecule has 0 radical (unpaired) electrons. The van der Waals surface area contributed by atoms with Gasteiger partial charge in [-0.15, -0.1) is 0 Å². The minimum absolute atomic E-state index is 0.000439. The van der Waals surface area contributed by atoms with E-state index in [-0.39, 0.29) is 53.8 Å². The van der Waals surface area contributed by atoms with Crippen molar-refractivity contribution in [2.24, 2.45) is 5.92 Å². The van der Waals surface area contributed by atoms with Crippen LogP contribution in [-0.2, 0) is 4.79 Å². The zero-order valence-electron chi connectivity index (χ0n) is 18.7. The zero-order valence-corrected chi connectivity index (χ0v) is 18.7. The van der Waals surface area contributed by atoms with Gasteiger partial charge in [0, 0.05) is 43.7 Å². The lowest BCUT2D eigenvalue weighted by molar-refractivity contribution is -0.118. The van der Waals surface area contributed by atoms with E-state index in [0.29, 0.717) is 13.1 Å². The number of hydrazine groups is 1. The molecule has 0 bridgehead atoms. The molecule has 1 fully saturated rings. The number of likely N-dealkylation sites (tertiary alicyclic amines) is 1. The number of ether oxygens (including phenoxy) is 2. The number of anilines is 1. The molecule has 3 aliphatic rings. The SMILES string of the molecule is CC1C=C(c2ccc(OCC3CN(C(=O)c4cc5c(cc4F)OCC(=O)N5)C3)c(F)c2)N(C)N1. The van der Waals surface area contributed by atoms with Crippen molar-refractivity contribution in [2.45, 2.75) is 13.0 Å². The van der Waals surface area contributed by atoms with E-state index < -0.39 is 17.5 Å². The van der Waals surface area contributed by atoms with Crippen LogP contribution in [0.1, 0.15) is 22.8 Å². The normalized spacial score (nSPS) is 19.7. The van der Waals surface area contributed by atoms with Gasteiger partial charge in [0.05, 0.1) is 23.6 Å². The minimum Gasteiger partial charge on any atom is -0.490 e. The summed E-state index contributed by atoms with van der Waals surface area (Å²) in [5.74, 6) is -1.68. The number of amides is 2. The highest BCUT2D eigenvalue weighted by Gasteiger charge is 2.34. The summed E-state index contributed by atoms with van der Waals surface area (Å²) >= 11 is 0. The van der Waals surface area contributed by atoms with Crippen LogP contribution in [0.3, 0.4) is 0 Å². The molecular weight excluding hydrogens is 446 g/mol. The van der Waals surface area contributed by atoms with Crippen LogP contribution in [0.4, 0.5) is 14.5 Å². The number of halogens is 2. The second-order valence-corrected chi connectivity index (χ2v) is 8.73. The molecule has 1 saturated heterocycles. The first-order valence-corrected chi connectivity index (χ1v) is 11.0. The molecule has 1 atom stereocenters. The van der Waals surface area contributed by atoms with Crippen molar-refractivity contribution in [2.75, 3.05) is 38.7 Å². The topological polar surface area (TPSA) is 83.1 Å². The molecule has 2 aromatic carbocycles. The van der Waals surface area contributed by atoms with Gasteiger partial charge in [0.25, 0.3) is 11.8 Å². The van der Waals surface area contributed by atoms with Crippen LogP contribution in [0.5, 0.6) is 11.5 Å². The van der Waals surface area contributed by atoms with Crippen molar-refractivity contribution in [3.63, 3.8) is 0 Å². The summed E-state index contributed by atoms with van der Waals surface area (Å²) in [7, 11) is 1.88.